The van der Waals surface area contributed by atoms with Crippen LogP contribution in [0.5, 0.6) is 0 Å². The van der Waals surface area contributed by atoms with Gasteiger partial charge in [-0.05, 0) is 32.2 Å². The van der Waals surface area contributed by atoms with Crippen molar-refractivity contribution in [2.45, 2.75) is 32.6 Å². The molecule has 1 aliphatic carbocycles. The smallest absolute Gasteiger partial charge is 0.225 e. The molecular weight excluding hydrogens is 214 g/mol. The maximum Gasteiger partial charge on any atom is 0.225 e. The minimum Gasteiger partial charge on any atom is -0.344 e. The van der Waals surface area contributed by atoms with Gasteiger partial charge in [-0.15, -0.1) is 0 Å². The third-order valence-corrected chi connectivity index (χ3v) is 3.67. The number of carbonyl (C=O) groups excluding carboxylic acids is 1. The van der Waals surface area contributed by atoms with Gasteiger partial charge in [0.2, 0.25) is 5.91 Å². The Labute approximate surface area is 104 Å². The first-order valence-electron chi connectivity index (χ1n) is 6.44. The molecule has 0 aromatic rings. The van der Waals surface area contributed by atoms with Gasteiger partial charge in [0, 0.05) is 19.5 Å². The van der Waals surface area contributed by atoms with Crippen LogP contribution in [0.1, 0.15) is 32.6 Å². The van der Waals surface area contributed by atoms with Crippen LogP contribution in [0.25, 0.3) is 0 Å². The molecule has 0 aromatic heterocycles. The molecule has 1 saturated carbocycles. The first-order valence-corrected chi connectivity index (χ1v) is 6.44. The lowest BCUT2D eigenvalue weighted by atomic mass is 9.78. The lowest BCUT2D eigenvalue weighted by molar-refractivity contribution is -0.137. The van der Waals surface area contributed by atoms with Gasteiger partial charge in [-0.1, -0.05) is 12.8 Å². The van der Waals surface area contributed by atoms with Gasteiger partial charge in [-0.3, -0.25) is 4.79 Å². The summed E-state index contributed by atoms with van der Waals surface area (Å²) >= 11 is 0. The number of hydrogen-bond acceptors (Lipinski definition) is 3. The Bertz CT molecular complexity index is 298. The van der Waals surface area contributed by atoms with Gasteiger partial charge in [0.05, 0.1) is 12.0 Å². The van der Waals surface area contributed by atoms with Gasteiger partial charge in [-0.2, -0.15) is 5.26 Å². The molecule has 17 heavy (non-hydrogen) atoms. The number of nitrogens with two attached hydrogens (primary N) is 1. The second-order valence-corrected chi connectivity index (χ2v) is 5.14. The lowest BCUT2D eigenvalue weighted by Crippen LogP contribution is -2.41. The highest BCUT2D eigenvalue weighted by Crippen LogP contribution is 2.30. The summed E-state index contributed by atoms with van der Waals surface area (Å²) in [5.41, 5.74) is 5.74. The van der Waals surface area contributed by atoms with E-state index in [1.54, 1.807) is 11.9 Å². The lowest BCUT2D eigenvalue weighted by Gasteiger charge is -2.33. The molecule has 2 N–H and O–H groups in total. The molecule has 3 unspecified atom stereocenters. The van der Waals surface area contributed by atoms with Gasteiger partial charge in [0.15, 0.2) is 0 Å². The molecule has 96 valence electrons. The van der Waals surface area contributed by atoms with Crippen molar-refractivity contribution >= 4 is 5.91 Å². The Hall–Kier alpha value is -1.08. The molecule has 0 bridgehead atoms. The van der Waals surface area contributed by atoms with E-state index in [4.69, 9.17) is 11.0 Å². The van der Waals surface area contributed by atoms with E-state index in [0.717, 1.165) is 19.3 Å². The predicted molar refractivity (Wildman–Crippen MR) is 66.9 cm³/mol. The summed E-state index contributed by atoms with van der Waals surface area (Å²) in [5.74, 6) is 0.465. The topological polar surface area (TPSA) is 70.1 Å². The molecular formula is C13H23N3O. The molecule has 0 aliphatic heterocycles. The largest absolute Gasteiger partial charge is 0.344 e. The van der Waals surface area contributed by atoms with E-state index >= 15 is 0 Å². The van der Waals surface area contributed by atoms with Crippen molar-refractivity contribution in [3.05, 3.63) is 0 Å². The second kappa shape index (κ2) is 6.61. The first-order chi connectivity index (χ1) is 8.10. The third kappa shape index (κ3) is 3.71. The van der Waals surface area contributed by atoms with Crippen LogP contribution in [-0.4, -0.2) is 30.9 Å². The minimum absolute atomic E-state index is 0.0737. The van der Waals surface area contributed by atoms with Crippen molar-refractivity contribution in [2.75, 3.05) is 20.1 Å². The van der Waals surface area contributed by atoms with Crippen LogP contribution in [0.4, 0.5) is 0 Å². The van der Waals surface area contributed by atoms with E-state index in [2.05, 4.69) is 6.07 Å². The Balaban J connectivity index is 2.58. The van der Waals surface area contributed by atoms with E-state index in [9.17, 15) is 4.79 Å². The fourth-order valence-corrected chi connectivity index (χ4v) is 2.64. The van der Waals surface area contributed by atoms with Crippen LogP contribution >= 0.6 is 0 Å². The van der Waals surface area contributed by atoms with E-state index < -0.39 is 0 Å². The molecule has 3 atom stereocenters. The molecule has 0 saturated heterocycles. The van der Waals surface area contributed by atoms with Crippen molar-refractivity contribution in [1.29, 1.82) is 5.26 Å². The molecule has 0 aromatic carbocycles. The van der Waals surface area contributed by atoms with Gasteiger partial charge in [-0.25, -0.2) is 0 Å². The fourth-order valence-electron chi connectivity index (χ4n) is 2.64. The number of amides is 1. The number of nitrogens with zero attached hydrogens (tertiary/aromatic N) is 2. The number of nitriles is 1. The molecule has 4 heteroatoms. The van der Waals surface area contributed by atoms with Gasteiger partial charge >= 0.3 is 0 Å². The van der Waals surface area contributed by atoms with Gasteiger partial charge < -0.3 is 10.6 Å². The molecule has 1 amide bonds. The SMILES string of the molecule is CC(C#N)CN(C)C(=O)C1CCCCC1CN. The Kier molecular flexibility index (Phi) is 5.43. The average molecular weight is 237 g/mol. The predicted octanol–water partition coefficient (Wildman–Crippen LogP) is 1.37. The molecule has 1 aliphatic rings. The molecule has 1 rings (SSSR count). The number of rotatable bonds is 4. The van der Waals surface area contributed by atoms with E-state index in [1.165, 1.54) is 6.42 Å². The second-order valence-electron chi connectivity index (χ2n) is 5.14. The molecule has 0 spiro atoms. The highest BCUT2D eigenvalue weighted by molar-refractivity contribution is 5.79. The number of hydrogen-bond donors (Lipinski definition) is 1. The Morgan fingerprint density at radius 3 is 2.76 bits per heavy atom. The normalized spacial score (nSPS) is 26.0. The minimum atomic E-state index is -0.108. The van der Waals surface area contributed by atoms with E-state index in [1.807, 2.05) is 6.92 Å². The summed E-state index contributed by atoms with van der Waals surface area (Å²) in [6.45, 7) is 2.95. The van der Waals surface area contributed by atoms with E-state index in [-0.39, 0.29) is 17.7 Å². The summed E-state index contributed by atoms with van der Waals surface area (Å²) < 4.78 is 0. The highest BCUT2D eigenvalue weighted by atomic mass is 16.2. The Morgan fingerprint density at radius 1 is 1.53 bits per heavy atom. The summed E-state index contributed by atoms with van der Waals surface area (Å²) in [6, 6.07) is 2.16. The summed E-state index contributed by atoms with van der Waals surface area (Å²) in [6.07, 6.45) is 4.32. The average Bonchev–Trinajstić information content (AvgIpc) is 2.37. The highest BCUT2D eigenvalue weighted by Gasteiger charge is 2.31. The van der Waals surface area contributed by atoms with Crippen LogP contribution in [0.15, 0.2) is 0 Å². The van der Waals surface area contributed by atoms with Crippen LogP contribution in [0.2, 0.25) is 0 Å². The summed E-state index contributed by atoms with van der Waals surface area (Å²) in [7, 11) is 1.79. The van der Waals surface area contributed by atoms with Crippen LogP contribution in [-0.2, 0) is 4.79 Å². The van der Waals surface area contributed by atoms with Crippen molar-refractivity contribution in [3.8, 4) is 6.07 Å². The van der Waals surface area contributed by atoms with Crippen molar-refractivity contribution < 1.29 is 4.79 Å². The quantitative estimate of drug-likeness (QED) is 0.802. The zero-order valence-electron chi connectivity index (χ0n) is 10.9. The van der Waals surface area contributed by atoms with Crippen molar-refractivity contribution in [3.63, 3.8) is 0 Å². The van der Waals surface area contributed by atoms with Gasteiger partial charge in [0.25, 0.3) is 0 Å². The molecule has 0 radical (unpaired) electrons. The standard InChI is InChI=1S/C13H23N3O/c1-10(7-14)9-16(2)13(17)12-6-4-3-5-11(12)8-15/h10-12H,3-6,8-9,15H2,1-2H3. The first kappa shape index (κ1) is 14.0. The zero-order chi connectivity index (χ0) is 12.8. The maximum absolute atomic E-state index is 12.3. The molecule has 4 nitrogen and oxygen atoms in total. The third-order valence-electron chi connectivity index (χ3n) is 3.67. The Morgan fingerprint density at radius 2 is 2.18 bits per heavy atom. The summed E-state index contributed by atoms with van der Waals surface area (Å²) in [4.78, 5) is 14.0. The van der Waals surface area contributed by atoms with Crippen molar-refractivity contribution in [2.24, 2.45) is 23.5 Å². The van der Waals surface area contributed by atoms with Crippen LogP contribution in [0.3, 0.4) is 0 Å². The zero-order valence-corrected chi connectivity index (χ0v) is 10.9. The summed E-state index contributed by atoms with van der Waals surface area (Å²) in [5, 5.41) is 8.77. The fraction of sp³-hybridized carbons (Fsp3) is 0.846. The molecule has 0 heterocycles. The van der Waals surface area contributed by atoms with Crippen LogP contribution < -0.4 is 5.73 Å². The monoisotopic (exact) mass is 237 g/mol. The maximum atomic E-state index is 12.3. The van der Waals surface area contributed by atoms with Crippen molar-refractivity contribution in [1.82, 2.24) is 4.90 Å². The number of carbonyl (C=O) groups is 1. The molecule has 1 fully saturated rings. The van der Waals surface area contributed by atoms with E-state index in [0.29, 0.717) is 19.0 Å². The van der Waals surface area contributed by atoms with Gasteiger partial charge in [0.1, 0.15) is 0 Å². The van der Waals surface area contributed by atoms with Crippen LogP contribution in [0, 0.1) is 29.1 Å².